The molecule has 0 fully saturated rings. The van der Waals surface area contributed by atoms with Gasteiger partial charge in [-0.25, -0.2) is 0 Å². The van der Waals surface area contributed by atoms with Gasteiger partial charge >= 0.3 is 0 Å². The number of hydrogen-bond acceptors (Lipinski definition) is 3. The van der Waals surface area contributed by atoms with Crippen molar-refractivity contribution in [1.29, 1.82) is 0 Å². The van der Waals surface area contributed by atoms with Crippen molar-refractivity contribution in [2.24, 2.45) is 0 Å². The van der Waals surface area contributed by atoms with E-state index in [9.17, 15) is 0 Å². The molecule has 106 valence electrons. The first kappa shape index (κ1) is 14.4. The van der Waals surface area contributed by atoms with Crippen LogP contribution in [-0.2, 0) is 13.0 Å². The van der Waals surface area contributed by atoms with Crippen molar-refractivity contribution in [1.82, 2.24) is 5.32 Å². The molecule has 2 rings (SSSR count). The van der Waals surface area contributed by atoms with Crippen molar-refractivity contribution in [3.05, 3.63) is 59.7 Å². The smallest absolute Gasteiger partial charge is 0.119 e. The van der Waals surface area contributed by atoms with E-state index < -0.39 is 0 Å². The summed E-state index contributed by atoms with van der Waals surface area (Å²) in [5.74, 6) is 1.81. The van der Waals surface area contributed by atoms with Crippen LogP contribution in [-0.4, -0.2) is 20.8 Å². The highest BCUT2D eigenvalue weighted by atomic mass is 16.5. The van der Waals surface area contributed by atoms with E-state index in [4.69, 9.17) is 9.47 Å². The molecule has 0 bridgehead atoms. The molecule has 0 aromatic heterocycles. The Bertz CT molecular complexity index is 523. The maximum Gasteiger partial charge on any atom is 0.119 e. The van der Waals surface area contributed by atoms with Gasteiger partial charge in [-0.05, 0) is 42.4 Å². The third-order valence-corrected chi connectivity index (χ3v) is 3.10. The quantitative estimate of drug-likeness (QED) is 0.839. The molecule has 0 amide bonds. The van der Waals surface area contributed by atoms with Crippen LogP contribution < -0.4 is 14.8 Å². The van der Waals surface area contributed by atoms with Gasteiger partial charge in [-0.1, -0.05) is 24.3 Å². The molecular formula is C17H21NO2. The summed E-state index contributed by atoms with van der Waals surface area (Å²) in [6.07, 6.45) is 0.889. The van der Waals surface area contributed by atoms with Crippen LogP contribution in [0.4, 0.5) is 0 Å². The van der Waals surface area contributed by atoms with Gasteiger partial charge in [0.2, 0.25) is 0 Å². The fraction of sp³-hybridized carbons (Fsp3) is 0.294. The Morgan fingerprint density at radius 3 is 2.45 bits per heavy atom. The molecule has 2 aromatic carbocycles. The van der Waals surface area contributed by atoms with E-state index >= 15 is 0 Å². The Kier molecular flexibility index (Phi) is 5.44. The third-order valence-electron chi connectivity index (χ3n) is 3.10. The summed E-state index contributed by atoms with van der Waals surface area (Å²) < 4.78 is 10.9. The number of benzene rings is 2. The summed E-state index contributed by atoms with van der Waals surface area (Å²) >= 11 is 0. The number of rotatable bonds is 7. The number of ether oxygens (including phenoxy) is 2. The Balaban J connectivity index is 1.84. The summed E-state index contributed by atoms with van der Waals surface area (Å²) in [5.41, 5.74) is 2.48. The summed E-state index contributed by atoms with van der Waals surface area (Å²) in [6.45, 7) is 1.53. The van der Waals surface area contributed by atoms with Gasteiger partial charge in [0, 0.05) is 13.0 Å². The number of hydrogen-bond donors (Lipinski definition) is 1. The van der Waals surface area contributed by atoms with Gasteiger partial charge in [-0.15, -0.1) is 0 Å². The molecule has 0 atom stereocenters. The van der Waals surface area contributed by atoms with E-state index in [1.165, 1.54) is 11.1 Å². The Morgan fingerprint density at radius 2 is 1.75 bits per heavy atom. The molecule has 3 heteroatoms. The molecule has 0 radical (unpaired) electrons. The van der Waals surface area contributed by atoms with Gasteiger partial charge in [-0.2, -0.15) is 0 Å². The van der Waals surface area contributed by atoms with Crippen LogP contribution in [0.3, 0.4) is 0 Å². The molecule has 0 heterocycles. The predicted octanol–water partition coefficient (Wildman–Crippen LogP) is 3.04. The highest BCUT2D eigenvalue weighted by Gasteiger charge is 1.98. The summed E-state index contributed by atoms with van der Waals surface area (Å²) in [6, 6.07) is 16.3. The van der Waals surface area contributed by atoms with Crippen molar-refractivity contribution in [2.45, 2.75) is 13.0 Å². The van der Waals surface area contributed by atoms with Gasteiger partial charge in [0.05, 0.1) is 13.7 Å². The number of nitrogens with one attached hydrogen (secondary N) is 1. The lowest BCUT2D eigenvalue weighted by atomic mass is 10.1. The molecule has 0 saturated heterocycles. The van der Waals surface area contributed by atoms with Crippen LogP contribution in [0.15, 0.2) is 48.5 Å². The normalized spacial score (nSPS) is 10.3. The van der Waals surface area contributed by atoms with Gasteiger partial charge in [0.15, 0.2) is 0 Å². The topological polar surface area (TPSA) is 30.5 Å². The largest absolute Gasteiger partial charge is 0.497 e. The molecular weight excluding hydrogens is 250 g/mol. The van der Waals surface area contributed by atoms with Crippen LogP contribution in [0.25, 0.3) is 0 Å². The molecule has 1 N–H and O–H groups in total. The summed E-state index contributed by atoms with van der Waals surface area (Å²) in [7, 11) is 3.62. The lowest BCUT2D eigenvalue weighted by molar-refractivity contribution is 0.321. The molecule has 2 aromatic rings. The van der Waals surface area contributed by atoms with E-state index in [2.05, 4.69) is 29.6 Å². The monoisotopic (exact) mass is 271 g/mol. The minimum Gasteiger partial charge on any atom is -0.497 e. The first-order chi connectivity index (χ1) is 9.81. The van der Waals surface area contributed by atoms with E-state index in [0.29, 0.717) is 6.61 Å². The lowest BCUT2D eigenvalue weighted by Gasteiger charge is -2.08. The second-order valence-corrected chi connectivity index (χ2v) is 4.62. The second kappa shape index (κ2) is 7.56. The Hall–Kier alpha value is -2.00. The van der Waals surface area contributed by atoms with E-state index in [1.54, 1.807) is 7.11 Å². The van der Waals surface area contributed by atoms with Crippen molar-refractivity contribution >= 4 is 0 Å². The maximum absolute atomic E-state index is 5.79. The highest BCUT2D eigenvalue weighted by Crippen LogP contribution is 2.15. The lowest BCUT2D eigenvalue weighted by Crippen LogP contribution is -2.06. The Labute approximate surface area is 120 Å². The fourth-order valence-corrected chi connectivity index (χ4v) is 2.03. The average Bonchev–Trinajstić information content (AvgIpc) is 2.49. The highest BCUT2D eigenvalue weighted by molar-refractivity contribution is 5.29. The second-order valence-electron chi connectivity index (χ2n) is 4.62. The molecule has 3 nitrogen and oxygen atoms in total. The van der Waals surface area contributed by atoms with Gasteiger partial charge in [0.1, 0.15) is 11.5 Å². The van der Waals surface area contributed by atoms with Gasteiger partial charge in [0.25, 0.3) is 0 Å². The van der Waals surface area contributed by atoms with Gasteiger partial charge < -0.3 is 14.8 Å². The molecule has 20 heavy (non-hydrogen) atoms. The first-order valence-electron chi connectivity index (χ1n) is 6.81. The zero-order chi connectivity index (χ0) is 14.2. The van der Waals surface area contributed by atoms with Crippen LogP contribution >= 0.6 is 0 Å². The maximum atomic E-state index is 5.79. The molecule has 0 aliphatic rings. The zero-order valence-electron chi connectivity index (χ0n) is 12.1. The SMILES string of the molecule is CNCc1cccc(OCCc2ccc(OC)cc2)c1. The molecule has 0 aliphatic carbocycles. The van der Waals surface area contributed by atoms with E-state index in [0.717, 1.165) is 24.5 Å². The van der Waals surface area contributed by atoms with Crippen LogP contribution in [0.1, 0.15) is 11.1 Å². The number of methoxy groups -OCH3 is 1. The van der Waals surface area contributed by atoms with Crippen molar-refractivity contribution in [2.75, 3.05) is 20.8 Å². The van der Waals surface area contributed by atoms with Crippen molar-refractivity contribution in [3.63, 3.8) is 0 Å². The molecule has 0 saturated carbocycles. The van der Waals surface area contributed by atoms with Crippen LogP contribution in [0.2, 0.25) is 0 Å². The minimum absolute atomic E-state index is 0.676. The fourth-order valence-electron chi connectivity index (χ4n) is 2.03. The van der Waals surface area contributed by atoms with Crippen LogP contribution in [0.5, 0.6) is 11.5 Å². The van der Waals surface area contributed by atoms with E-state index in [1.807, 2.05) is 31.3 Å². The Morgan fingerprint density at radius 1 is 0.950 bits per heavy atom. The molecule has 0 aliphatic heterocycles. The summed E-state index contributed by atoms with van der Waals surface area (Å²) in [5, 5.41) is 3.14. The minimum atomic E-state index is 0.676. The average molecular weight is 271 g/mol. The predicted molar refractivity (Wildman–Crippen MR) is 81.4 cm³/mol. The van der Waals surface area contributed by atoms with Crippen molar-refractivity contribution in [3.8, 4) is 11.5 Å². The summed E-state index contributed by atoms with van der Waals surface area (Å²) in [4.78, 5) is 0. The van der Waals surface area contributed by atoms with Crippen LogP contribution in [0, 0.1) is 0 Å². The van der Waals surface area contributed by atoms with Crippen molar-refractivity contribution < 1.29 is 9.47 Å². The third kappa shape index (κ3) is 4.28. The molecule has 0 spiro atoms. The first-order valence-corrected chi connectivity index (χ1v) is 6.81. The molecule has 0 unspecified atom stereocenters. The zero-order valence-corrected chi connectivity index (χ0v) is 12.1. The van der Waals surface area contributed by atoms with E-state index in [-0.39, 0.29) is 0 Å². The van der Waals surface area contributed by atoms with Gasteiger partial charge in [-0.3, -0.25) is 0 Å². The standard InChI is InChI=1S/C17H21NO2/c1-18-13-15-4-3-5-17(12-15)20-11-10-14-6-8-16(19-2)9-7-14/h3-9,12,18H,10-11,13H2,1-2H3.